The van der Waals surface area contributed by atoms with Crippen LogP contribution in [-0.2, 0) is 0 Å². The van der Waals surface area contributed by atoms with Crippen molar-refractivity contribution in [2.45, 2.75) is 12.8 Å². The highest BCUT2D eigenvalue weighted by Gasteiger charge is 2.17. The number of nitrogens with one attached hydrogen (secondary N) is 2. The molecule has 10 nitrogen and oxygen atoms in total. The van der Waals surface area contributed by atoms with E-state index in [-0.39, 0.29) is 0 Å². The van der Waals surface area contributed by atoms with Crippen LogP contribution in [0.15, 0.2) is 73.1 Å². The van der Waals surface area contributed by atoms with Crippen molar-refractivity contribution in [3.8, 4) is 11.5 Å². The highest BCUT2D eigenvalue weighted by molar-refractivity contribution is 5.86. The predicted molar refractivity (Wildman–Crippen MR) is 178 cm³/mol. The number of fused-ring (bicyclic) bond motifs is 6. The molecule has 2 N–H and O–H groups in total. The first kappa shape index (κ1) is 28.2. The number of rotatable bonds is 12. The van der Waals surface area contributed by atoms with Crippen LogP contribution in [0, 0.1) is 0 Å². The molecular formula is C34H40N8O2. The minimum Gasteiger partial charge on any atom is -0.497 e. The first-order valence-electron chi connectivity index (χ1n) is 15.5. The molecule has 0 saturated carbocycles. The average Bonchev–Trinajstić information content (AvgIpc) is 3.76. The summed E-state index contributed by atoms with van der Waals surface area (Å²) in [4.78, 5) is 15.0. The molecule has 2 aromatic carbocycles. The van der Waals surface area contributed by atoms with Gasteiger partial charge in [0, 0.05) is 63.8 Å². The Morgan fingerprint density at radius 1 is 0.614 bits per heavy atom. The van der Waals surface area contributed by atoms with Crippen molar-refractivity contribution in [1.29, 1.82) is 0 Å². The van der Waals surface area contributed by atoms with Crippen molar-refractivity contribution in [2.24, 2.45) is 0 Å². The summed E-state index contributed by atoms with van der Waals surface area (Å²) in [5, 5.41) is 7.19. The maximum atomic E-state index is 5.42. The van der Waals surface area contributed by atoms with Gasteiger partial charge in [0.15, 0.2) is 11.6 Å². The zero-order valence-electron chi connectivity index (χ0n) is 25.5. The van der Waals surface area contributed by atoms with Crippen LogP contribution in [0.2, 0.25) is 0 Å². The number of hydrogen-bond donors (Lipinski definition) is 2. The second kappa shape index (κ2) is 12.6. The molecule has 0 atom stereocenters. The van der Waals surface area contributed by atoms with E-state index in [1.54, 1.807) is 14.2 Å². The molecule has 0 amide bonds. The predicted octanol–water partition coefficient (Wildman–Crippen LogP) is 5.23. The summed E-state index contributed by atoms with van der Waals surface area (Å²) in [5.41, 5.74) is 6.20. The van der Waals surface area contributed by atoms with E-state index in [9.17, 15) is 0 Å². The summed E-state index contributed by atoms with van der Waals surface area (Å²) in [5.74, 6) is 3.48. The second-order valence-corrected chi connectivity index (χ2v) is 11.4. The van der Waals surface area contributed by atoms with Crippen molar-refractivity contribution in [1.82, 2.24) is 28.6 Å². The van der Waals surface area contributed by atoms with Crippen LogP contribution in [0.3, 0.4) is 0 Å². The van der Waals surface area contributed by atoms with E-state index in [1.807, 2.05) is 24.3 Å². The van der Waals surface area contributed by atoms with E-state index in [2.05, 4.69) is 78.0 Å². The summed E-state index contributed by atoms with van der Waals surface area (Å²) in [6, 6.07) is 20.5. The lowest BCUT2D eigenvalue weighted by Gasteiger charge is -2.34. The molecule has 10 heteroatoms. The Hall–Kier alpha value is -4.54. The zero-order valence-corrected chi connectivity index (χ0v) is 25.5. The molecule has 0 radical (unpaired) electrons. The molecule has 228 valence electrons. The summed E-state index contributed by atoms with van der Waals surface area (Å²) >= 11 is 0. The molecule has 4 aromatic heterocycles. The maximum Gasteiger partial charge on any atom is 0.151 e. The number of ether oxygens (including phenoxy) is 2. The summed E-state index contributed by atoms with van der Waals surface area (Å²) in [6.07, 6.45) is 6.33. The van der Waals surface area contributed by atoms with Gasteiger partial charge < -0.3 is 38.7 Å². The lowest BCUT2D eigenvalue weighted by molar-refractivity contribution is 0.132. The standard InChI is InChI=1S/C34H40N8O2/c1-43-25-9-11-29-27(23-25)37-33(31-7-3-17-41(29)31)35-13-5-15-39-19-21-40(22-20-39)16-6-14-36-34-32-8-4-18-42(32)30-12-10-26(44-2)24-28(30)38-34/h3-4,7-12,17-18,23-24H,5-6,13-16,19-22H2,1-2H3,(H,35,37)(H,36,38). The highest BCUT2D eigenvalue weighted by Crippen LogP contribution is 2.27. The highest BCUT2D eigenvalue weighted by atomic mass is 16.5. The molecule has 6 aromatic rings. The maximum absolute atomic E-state index is 5.42. The number of methoxy groups -OCH3 is 2. The first-order chi connectivity index (χ1) is 21.7. The number of hydrogen-bond acceptors (Lipinski definition) is 8. The quantitative estimate of drug-likeness (QED) is 0.187. The largest absolute Gasteiger partial charge is 0.497 e. The minimum absolute atomic E-state index is 0.819. The third kappa shape index (κ3) is 5.70. The number of nitrogens with zero attached hydrogens (tertiary/aromatic N) is 6. The fourth-order valence-corrected chi connectivity index (χ4v) is 6.29. The van der Waals surface area contributed by atoms with Gasteiger partial charge in [0.1, 0.15) is 11.5 Å². The first-order valence-corrected chi connectivity index (χ1v) is 15.5. The van der Waals surface area contributed by atoms with Crippen LogP contribution >= 0.6 is 0 Å². The van der Waals surface area contributed by atoms with Gasteiger partial charge in [-0.25, -0.2) is 9.97 Å². The molecule has 44 heavy (non-hydrogen) atoms. The van der Waals surface area contributed by atoms with E-state index in [0.717, 1.165) is 121 Å². The van der Waals surface area contributed by atoms with Crippen LogP contribution in [0.5, 0.6) is 11.5 Å². The van der Waals surface area contributed by atoms with Crippen molar-refractivity contribution < 1.29 is 9.47 Å². The van der Waals surface area contributed by atoms with E-state index in [1.165, 1.54) is 0 Å². The third-order valence-electron chi connectivity index (χ3n) is 8.68. The molecular weight excluding hydrogens is 552 g/mol. The average molecular weight is 593 g/mol. The Morgan fingerprint density at radius 2 is 1.07 bits per heavy atom. The van der Waals surface area contributed by atoms with Gasteiger partial charge in [-0.05, 0) is 74.5 Å². The Labute approximate surface area is 257 Å². The van der Waals surface area contributed by atoms with Gasteiger partial charge in [-0.1, -0.05) is 0 Å². The van der Waals surface area contributed by atoms with E-state index < -0.39 is 0 Å². The van der Waals surface area contributed by atoms with Gasteiger partial charge >= 0.3 is 0 Å². The lowest BCUT2D eigenvalue weighted by atomic mass is 10.2. The molecule has 0 spiro atoms. The lowest BCUT2D eigenvalue weighted by Crippen LogP contribution is -2.47. The van der Waals surface area contributed by atoms with Crippen molar-refractivity contribution in [3.05, 3.63) is 73.1 Å². The normalized spacial score (nSPS) is 14.6. The fraction of sp³-hybridized carbons (Fsp3) is 0.353. The Kier molecular flexibility index (Phi) is 8.08. The second-order valence-electron chi connectivity index (χ2n) is 11.4. The topological polar surface area (TPSA) is 83.6 Å². The van der Waals surface area contributed by atoms with Crippen LogP contribution < -0.4 is 20.1 Å². The van der Waals surface area contributed by atoms with Crippen LogP contribution in [0.1, 0.15) is 12.8 Å². The summed E-state index contributed by atoms with van der Waals surface area (Å²) < 4.78 is 15.2. The molecule has 1 aliphatic rings. The van der Waals surface area contributed by atoms with Gasteiger partial charge in [-0.2, -0.15) is 0 Å². The third-order valence-corrected chi connectivity index (χ3v) is 8.68. The molecule has 1 aliphatic heterocycles. The summed E-state index contributed by atoms with van der Waals surface area (Å²) in [7, 11) is 3.38. The van der Waals surface area contributed by atoms with Crippen LogP contribution in [0.4, 0.5) is 11.6 Å². The molecule has 0 aliphatic carbocycles. The fourth-order valence-electron chi connectivity index (χ4n) is 6.29. The van der Waals surface area contributed by atoms with Gasteiger partial charge in [-0.15, -0.1) is 0 Å². The monoisotopic (exact) mass is 592 g/mol. The number of anilines is 2. The van der Waals surface area contributed by atoms with E-state index >= 15 is 0 Å². The zero-order chi connectivity index (χ0) is 29.9. The van der Waals surface area contributed by atoms with Crippen molar-refractivity contribution >= 4 is 44.7 Å². The van der Waals surface area contributed by atoms with Crippen molar-refractivity contribution in [2.75, 3.05) is 77.2 Å². The molecule has 1 saturated heterocycles. The number of piperazine rings is 1. The SMILES string of the molecule is COc1ccc2c(c1)nc(NCCCN1CCN(CCCNc3nc4cc(OC)ccc4n4cccc34)CC1)c1cccn12. The van der Waals surface area contributed by atoms with Gasteiger partial charge in [0.2, 0.25) is 0 Å². The minimum atomic E-state index is 0.819. The Morgan fingerprint density at radius 3 is 1.50 bits per heavy atom. The van der Waals surface area contributed by atoms with Crippen molar-refractivity contribution in [3.63, 3.8) is 0 Å². The van der Waals surface area contributed by atoms with Crippen LogP contribution in [-0.4, -0.2) is 95.1 Å². The Balaban J connectivity index is 0.856. The van der Waals surface area contributed by atoms with Gasteiger partial charge in [0.05, 0.1) is 47.3 Å². The van der Waals surface area contributed by atoms with E-state index in [4.69, 9.17) is 19.4 Å². The number of benzene rings is 2. The summed E-state index contributed by atoms with van der Waals surface area (Å²) in [6.45, 7) is 8.41. The van der Waals surface area contributed by atoms with Crippen LogP contribution in [0.25, 0.3) is 33.1 Å². The van der Waals surface area contributed by atoms with E-state index in [0.29, 0.717) is 0 Å². The Bertz CT molecular complexity index is 1750. The smallest absolute Gasteiger partial charge is 0.151 e. The molecule has 1 fully saturated rings. The molecule has 0 unspecified atom stereocenters. The van der Waals surface area contributed by atoms with Gasteiger partial charge in [0.25, 0.3) is 0 Å². The molecule has 5 heterocycles. The molecule has 0 bridgehead atoms. The number of aromatic nitrogens is 4. The molecule has 7 rings (SSSR count). The van der Waals surface area contributed by atoms with Gasteiger partial charge in [-0.3, -0.25) is 0 Å².